The quantitative estimate of drug-likeness (QED) is 0.0367. The summed E-state index contributed by atoms with van der Waals surface area (Å²) in [5.41, 5.74) is 5.05. The molecule has 0 N–H and O–H groups in total. The molecule has 20 heteroatoms. The molecule has 0 saturated carbocycles. The minimum absolute atomic E-state index is 0.0167. The SMILES string of the molecule is CC(=O)OC[C@@H]1O[C@H](O[C@@H]2[C@@H](OCc3ccccc3)[C@H](OC[C@H]3O[C@H](OCc4ccccc4)[C@@H](OCc4ccccc4)[C@@H](OCc4ccccc4)[C@@H]3OCc3ccccc3)O[C@@H]3COC(c4ccccc4)O[C@@H]23)[C@@H](OC(C)=O)[C@H](OC(C)=O)[C@H]1OC(C)=O. The second-order valence-corrected chi connectivity index (χ2v) is 21.6. The van der Waals surface area contributed by atoms with E-state index in [1.165, 1.54) is 6.92 Å². The zero-order valence-corrected chi connectivity index (χ0v) is 49.4. The Balaban J connectivity index is 1.04. The summed E-state index contributed by atoms with van der Waals surface area (Å²) in [7, 11) is 0. The normalized spacial score (nSPS) is 28.5. The first kappa shape index (κ1) is 63.7. The van der Waals surface area contributed by atoms with E-state index in [1.54, 1.807) is 0 Å². The monoisotopic (exact) mass is 1210 g/mol. The Morgan fingerprint density at radius 3 is 1.25 bits per heavy atom. The summed E-state index contributed by atoms with van der Waals surface area (Å²) in [5, 5.41) is 0. The third kappa shape index (κ3) is 17.5. The number of hydrogen-bond donors (Lipinski definition) is 0. The van der Waals surface area contributed by atoms with Crippen molar-refractivity contribution in [1.82, 2.24) is 0 Å². The molecule has 0 amide bonds. The average molecular weight is 1210 g/mol. The van der Waals surface area contributed by atoms with Gasteiger partial charge in [0, 0.05) is 33.3 Å². The molecule has 0 aromatic heterocycles. The van der Waals surface area contributed by atoms with Gasteiger partial charge in [-0.3, -0.25) is 19.2 Å². The van der Waals surface area contributed by atoms with Crippen LogP contribution in [0.2, 0.25) is 0 Å². The largest absolute Gasteiger partial charge is 0.463 e. The zero-order chi connectivity index (χ0) is 61.2. The van der Waals surface area contributed by atoms with Gasteiger partial charge in [0.05, 0.1) is 46.2 Å². The van der Waals surface area contributed by atoms with Crippen molar-refractivity contribution in [3.8, 4) is 0 Å². The molecule has 0 radical (unpaired) electrons. The fourth-order valence-corrected chi connectivity index (χ4v) is 11.0. The van der Waals surface area contributed by atoms with Crippen LogP contribution >= 0.6 is 0 Å². The molecule has 4 heterocycles. The summed E-state index contributed by atoms with van der Waals surface area (Å²) in [6, 6.07) is 57.7. The standard InChI is InChI=1S/C68H74O20/c1-43(69)73-40-54-57(81-44(2)70)61(82-45(3)71)64(83-46(4)72)68(86-54)88-60-58-55(42-79-65(87-58)52-33-21-10-22-34-52)85-67(63(60)77-38-50-29-17-8-18-30-50)80-41-53-56(74-35-47-23-11-5-12-24-47)59(75-36-48-25-13-6-14-26-48)62(76-37-49-27-15-7-16-28-49)66(84-53)78-39-51-31-19-9-20-32-51/h5-34,53-68H,35-42H2,1-4H3/t53-,54+,55-,56-,57+,58-,59+,60+,61-,62+,63-,64+,65?,66+,67-,68-/m1/s1. The molecule has 6 aromatic carbocycles. The lowest BCUT2D eigenvalue weighted by atomic mass is 9.95. The van der Waals surface area contributed by atoms with Crippen LogP contribution in [0.3, 0.4) is 0 Å². The van der Waals surface area contributed by atoms with Crippen LogP contribution in [0.4, 0.5) is 0 Å². The lowest BCUT2D eigenvalue weighted by molar-refractivity contribution is -0.401. The van der Waals surface area contributed by atoms with Crippen molar-refractivity contribution in [3.05, 3.63) is 215 Å². The smallest absolute Gasteiger partial charge is 0.303 e. The predicted octanol–water partition coefficient (Wildman–Crippen LogP) is 8.59. The van der Waals surface area contributed by atoms with Crippen molar-refractivity contribution in [2.45, 2.75) is 159 Å². The Kier molecular flexibility index (Phi) is 23.0. The zero-order valence-electron chi connectivity index (χ0n) is 49.4. The minimum Gasteiger partial charge on any atom is -0.463 e. The van der Waals surface area contributed by atoms with Crippen molar-refractivity contribution in [2.24, 2.45) is 0 Å². The highest BCUT2D eigenvalue weighted by atomic mass is 16.8. The first-order valence-electron chi connectivity index (χ1n) is 29.4. The Labute approximate surface area is 511 Å². The number of carbonyl (C=O) groups is 4. The third-order valence-corrected chi connectivity index (χ3v) is 15.0. The Bertz CT molecular complexity index is 3090. The highest BCUT2D eigenvalue weighted by Gasteiger charge is 2.58. The molecule has 4 fully saturated rings. The summed E-state index contributed by atoms with van der Waals surface area (Å²) >= 11 is 0. The van der Waals surface area contributed by atoms with Crippen LogP contribution in [-0.2, 0) is 128 Å². The number of fused-ring (bicyclic) bond motifs is 1. The van der Waals surface area contributed by atoms with Crippen molar-refractivity contribution in [1.29, 1.82) is 0 Å². The maximum Gasteiger partial charge on any atom is 0.303 e. The van der Waals surface area contributed by atoms with Gasteiger partial charge in [-0.05, 0) is 27.8 Å². The van der Waals surface area contributed by atoms with Crippen LogP contribution in [0.5, 0.6) is 0 Å². The van der Waals surface area contributed by atoms with E-state index < -0.39 is 129 Å². The van der Waals surface area contributed by atoms with E-state index in [-0.39, 0.29) is 46.2 Å². The predicted molar refractivity (Wildman–Crippen MR) is 311 cm³/mol. The first-order valence-corrected chi connectivity index (χ1v) is 29.4. The lowest BCUT2D eigenvalue weighted by Gasteiger charge is -2.51. The average Bonchev–Trinajstić information content (AvgIpc) is 1.06. The fourth-order valence-electron chi connectivity index (χ4n) is 11.0. The molecule has 4 aliphatic rings. The molecular formula is C68H74O20. The van der Waals surface area contributed by atoms with E-state index >= 15 is 0 Å². The molecule has 6 aromatic rings. The number of ether oxygens (including phenoxy) is 16. The minimum atomic E-state index is -1.68. The van der Waals surface area contributed by atoms with Crippen molar-refractivity contribution in [3.63, 3.8) is 0 Å². The molecule has 88 heavy (non-hydrogen) atoms. The molecule has 466 valence electrons. The van der Waals surface area contributed by atoms with Gasteiger partial charge in [0.25, 0.3) is 0 Å². The molecule has 1 unspecified atom stereocenters. The highest BCUT2D eigenvalue weighted by Crippen LogP contribution is 2.41. The van der Waals surface area contributed by atoms with Gasteiger partial charge >= 0.3 is 23.9 Å². The van der Waals surface area contributed by atoms with Gasteiger partial charge in [-0.15, -0.1) is 0 Å². The summed E-state index contributed by atoms with van der Waals surface area (Å²) in [4.78, 5) is 51.4. The summed E-state index contributed by atoms with van der Waals surface area (Å²) in [6.45, 7) is 4.46. The molecule has 4 aliphatic heterocycles. The van der Waals surface area contributed by atoms with Crippen LogP contribution in [-0.4, -0.2) is 136 Å². The van der Waals surface area contributed by atoms with Crippen LogP contribution in [0.1, 0.15) is 67.4 Å². The number of hydrogen-bond acceptors (Lipinski definition) is 20. The number of carbonyl (C=O) groups excluding carboxylic acids is 4. The van der Waals surface area contributed by atoms with Crippen LogP contribution in [0.25, 0.3) is 0 Å². The van der Waals surface area contributed by atoms with Crippen LogP contribution in [0, 0.1) is 0 Å². The fraction of sp³-hybridized carbons (Fsp3) is 0.412. The van der Waals surface area contributed by atoms with E-state index in [4.69, 9.17) is 75.8 Å². The van der Waals surface area contributed by atoms with Gasteiger partial charge in [-0.1, -0.05) is 182 Å². The van der Waals surface area contributed by atoms with Crippen LogP contribution in [0.15, 0.2) is 182 Å². The Morgan fingerprint density at radius 2 is 0.761 bits per heavy atom. The van der Waals surface area contributed by atoms with E-state index in [9.17, 15) is 19.2 Å². The Hall–Kier alpha value is -7.28. The van der Waals surface area contributed by atoms with E-state index in [1.807, 2.05) is 182 Å². The van der Waals surface area contributed by atoms with Gasteiger partial charge in [0.15, 0.2) is 43.5 Å². The molecule has 0 bridgehead atoms. The van der Waals surface area contributed by atoms with E-state index in [0.29, 0.717) is 5.56 Å². The van der Waals surface area contributed by atoms with E-state index in [2.05, 4.69) is 0 Å². The summed E-state index contributed by atoms with van der Waals surface area (Å²) in [5.74, 6) is -3.13. The summed E-state index contributed by atoms with van der Waals surface area (Å²) in [6.07, 6.45) is -19.2. The number of rotatable bonds is 26. The maximum absolute atomic E-state index is 13.2. The number of benzene rings is 6. The topological polar surface area (TPSA) is 216 Å². The van der Waals surface area contributed by atoms with Gasteiger partial charge in [-0.25, -0.2) is 0 Å². The molecule has 20 nitrogen and oxygen atoms in total. The van der Waals surface area contributed by atoms with Gasteiger partial charge < -0.3 is 75.8 Å². The van der Waals surface area contributed by atoms with Crippen LogP contribution < -0.4 is 0 Å². The lowest BCUT2D eigenvalue weighted by Crippen LogP contribution is -2.68. The van der Waals surface area contributed by atoms with Crippen molar-refractivity contribution < 1.29 is 95.0 Å². The third-order valence-electron chi connectivity index (χ3n) is 15.0. The number of esters is 4. The van der Waals surface area contributed by atoms with Crippen molar-refractivity contribution in [2.75, 3.05) is 19.8 Å². The molecule has 0 aliphatic carbocycles. The van der Waals surface area contributed by atoms with Crippen molar-refractivity contribution >= 4 is 23.9 Å². The first-order chi connectivity index (χ1) is 42.9. The van der Waals surface area contributed by atoms with Gasteiger partial charge in [0.1, 0.15) is 61.5 Å². The summed E-state index contributed by atoms with van der Waals surface area (Å²) < 4.78 is 106. The Morgan fingerprint density at radius 1 is 0.364 bits per heavy atom. The molecule has 10 rings (SSSR count). The molecule has 16 atom stereocenters. The van der Waals surface area contributed by atoms with E-state index in [0.717, 1.165) is 48.6 Å². The second kappa shape index (κ2) is 31.8. The highest BCUT2D eigenvalue weighted by molar-refractivity contribution is 5.68. The van der Waals surface area contributed by atoms with Gasteiger partial charge in [-0.2, -0.15) is 0 Å². The molecule has 0 spiro atoms. The molecular weight excluding hydrogens is 1140 g/mol. The molecule has 4 saturated heterocycles. The van der Waals surface area contributed by atoms with Gasteiger partial charge in [0.2, 0.25) is 0 Å². The maximum atomic E-state index is 13.2. The second-order valence-electron chi connectivity index (χ2n) is 21.6.